The highest BCUT2D eigenvalue weighted by atomic mass is 16.5. The lowest BCUT2D eigenvalue weighted by Crippen LogP contribution is -2.31. The van der Waals surface area contributed by atoms with Crippen molar-refractivity contribution in [1.82, 2.24) is 0 Å². The quantitative estimate of drug-likeness (QED) is 0.298. The number of rotatable bonds is 12. The van der Waals surface area contributed by atoms with Crippen LogP contribution in [0.15, 0.2) is 25.3 Å². The van der Waals surface area contributed by atoms with Gasteiger partial charge in [-0.15, -0.1) is 19.6 Å². The van der Waals surface area contributed by atoms with E-state index in [-0.39, 0.29) is 12.2 Å². The second-order valence-corrected chi connectivity index (χ2v) is 4.22. The zero-order valence-corrected chi connectivity index (χ0v) is 11.6. The summed E-state index contributed by atoms with van der Waals surface area (Å²) in [5.74, 6) is 2.66. The molecule has 2 nitrogen and oxygen atoms in total. The summed E-state index contributed by atoms with van der Waals surface area (Å²) in [5.41, 5.74) is 0. The number of unbranched alkanes of at least 4 members (excludes halogenated alkanes) is 3. The molecule has 0 heterocycles. The molecule has 0 aliphatic heterocycles. The second-order valence-electron chi connectivity index (χ2n) is 4.22. The van der Waals surface area contributed by atoms with E-state index in [9.17, 15) is 0 Å². The zero-order chi connectivity index (χ0) is 13.6. The summed E-state index contributed by atoms with van der Waals surface area (Å²) in [5, 5.41) is 0. The lowest BCUT2D eigenvalue weighted by Gasteiger charge is -2.23. The topological polar surface area (TPSA) is 18.5 Å². The summed E-state index contributed by atoms with van der Waals surface area (Å²) in [6, 6.07) is 0. The van der Waals surface area contributed by atoms with Gasteiger partial charge in [-0.05, 0) is 6.42 Å². The highest BCUT2D eigenvalue weighted by molar-refractivity contribution is 5.00. The van der Waals surface area contributed by atoms with Crippen LogP contribution in [0.4, 0.5) is 0 Å². The van der Waals surface area contributed by atoms with Gasteiger partial charge < -0.3 is 9.47 Å². The summed E-state index contributed by atoms with van der Waals surface area (Å²) >= 11 is 0. The van der Waals surface area contributed by atoms with Crippen LogP contribution in [0.2, 0.25) is 0 Å². The first kappa shape index (κ1) is 17.0. The Morgan fingerprint density at radius 3 is 2.33 bits per heavy atom. The van der Waals surface area contributed by atoms with Gasteiger partial charge in [0.15, 0.2) is 0 Å². The van der Waals surface area contributed by atoms with Crippen LogP contribution >= 0.6 is 0 Å². The van der Waals surface area contributed by atoms with Crippen molar-refractivity contribution < 1.29 is 9.47 Å². The Hall–Kier alpha value is -1.04. The molecule has 0 aromatic rings. The third kappa shape index (κ3) is 8.11. The Labute approximate surface area is 112 Å². The summed E-state index contributed by atoms with van der Waals surface area (Å²) < 4.78 is 11.2. The zero-order valence-electron chi connectivity index (χ0n) is 11.6. The Morgan fingerprint density at radius 2 is 1.78 bits per heavy atom. The normalized spacial score (nSPS) is 13.6. The van der Waals surface area contributed by atoms with Crippen molar-refractivity contribution in [3.8, 4) is 12.3 Å². The van der Waals surface area contributed by atoms with E-state index in [0.717, 1.165) is 12.8 Å². The van der Waals surface area contributed by atoms with Crippen LogP contribution in [0.25, 0.3) is 0 Å². The molecule has 0 aliphatic carbocycles. The Morgan fingerprint density at radius 1 is 1.11 bits per heavy atom. The van der Waals surface area contributed by atoms with Gasteiger partial charge in [0.25, 0.3) is 0 Å². The first-order valence-electron chi connectivity index (χ1n) is 6.71. The first-order valence-corrected chi connectivity index (χ1v) is 6.71. The monoisotopic (exact) mass is 250 g/mol. The van der Waals surface area contributed by atoms with Gasteiger partial charge in [-0.3, -0.25) is 0 Å². The maximum atomic E-state index is 5.70. The molecule has 0 N–H and O–H groups in total. The summed E-state index contributed by atoms with van der Waals surface area (Å²) in [4.78, 5) is 0. The van der Waals surface area contributed by atoms with Gasteiger partial charge in [0.05, 0.1) is 19.3 Å². The summed E-state index contributed by atoms with van der Waals surface area (Å²) in [6.07, 6.45) is 14.3. The standard InChI is InChI=1S/C16H26O2/c1-5-9-10-11-12-16(18-14-7-3)15(8-4)17-13-6-2/h4,6-7,15-16H,2-3,5,9-14H2,1H3/t15-,16-/m0/s1. The Balaban J connectivity index is 4.19. The molecule has 0 aromatic carbocycles. The van der Waals surface area contributed by atoms with E-state index < -0.39 is 0 Å². The average Bonchev–Trinajstić information content (AvgIpc) is 2.40. The van der Waals surface area contributed by atoms with Crippen LogP contribution in [0.3, 0.4) is 0 Å². The fourth-order valence-corrected chi connectivity index (χ4v) is 1.72. The number of terminal acetylenes is 1. The molecular formula is C16H26O2. The lowest BCUT2D eigenvalue weighted by molar-refractivity contribution is -0.0356. The molecular weight excluding hydrogens is 224 g/mol. The summed E-state index contributed by atoms with van der Waals surface area (Å²) in [6.45, 7) is 10.4. The van der Waals surface area contributed by atoms with Crippen molar-refractivity contribution in [2.75, 3.05) is 13.2 Å². The fraction of sp³-hybridized carbons (Fsp3) is 0.625. The molecule has 0 unspecified atom stereocenters. The minimum absolute atomic E-state index is 0.0511. The van der Waals surface area contributed by atoms with E-state index in [1.165, 1.54) is 19.3 Å². The predicted molar refractivity (Wildman–Crippen MR) is 77.5 cm³/mol. The molecule has 0 bridgehead atoms. The molecule has 0 saturated heterocycles. The van der Waals surface area contributed by atoms with Crippen molar-refractivity contribution in [3.05, 3.63) is 25.3 Å². The van der Waals surface area contributed by atoms with Gasteiger partial charge in [-0.2, -0.15) is 0 Å². The van der Waals surface area contributed by atoms with E-state index in [2.05, 4.69) is 26.0 Å². The average molecular weight is 250 g/mol. The minimum atomic E-state index is -0.301. The van der Waals surface area contributed by atoms with Crippen LogP contribution in [0.1, 0.15) is 39.0 Å². The molecule has 18 heavy (non-hydrogen) atoms. The molecule has 2 atom stereocenters. The van der Waals surface area contributed by atoms with E-state index in [1.54, 1.807) is 12.2 Å². The van der Waals surface area contributed by atoms with Crippen molar-refractivity contribution >= 4 is 0 Å². The van der Waals surface area contributed by atoms with Crippen LogP contribution < -0.4 is 0 Å². The molecule has 102 valence electrons. The van der Waals surface area contributed by atoms with Crippen molar-refractivity contribution in [2.24, 2.45) is 0 Å². The van der Waals surface area contributed by atoms with Gasteiger partial charge in [-0.25, -0.2) is 0 Å². The van der Waals surface area contributed by atoms with Crippen molar-refractivity contribution in [3.63, 3.8) is 0 Å². The molecule has 0 radical (unpaired) electrons. The number of ether oxygens (including phenoxy) is 2. The second kappa shape index (κ2) is 12.4. The Bertz CT molecular complexity index is 252. The molecule has 0 fully saturated rings. The van der Waals surface area contributed by atoms with Gasteiger partial charge in [0.2, 0.25) is 0 Å². The maximum Gasteiger partial charge on any atom is 0.144 e. The van der Waals surface area contributed by atoms with Gasteiger partial charge in [0.1, 0.15) is 6.10 Å². The highest BCUT2D eigenvalue weighted by Gasteiger charge is 2.19. The largest absolute Gasteiger partial charge is 0.370 e. The fourth-order valence-electron chi connectivity index (χ4n) is 1.72. The molecule has 0 spiro atoms. The van der Waals surface area contributed by atoms with Gasteiger partial charge in [0, 0.05) is 0 Å². The third-order valence-corrected chi connectivity index (χ3v) is 2.67. The van der Waals surface area contributed by atoms with Gasteiger partial charge >= 0.3 is 0 Å². The van der Waals surface area contributed by atoms with E-state index in [0.29, 0.717) is 13.2 Å². The van der Waals surface area contributed by atoms with E-state index in [4.69, 9.17) is 15.9 Å². The predicted octanol–water partition coefficient (Wildman–Crippen LogP) is 3.73. The smallest absolute Gasteiger partial charge is 0.144 e. The van der Waals surface area contributed by atoms with Crippen LogP contribution in [0, 0.1) is 12.3 Å². The molecule has 0 aromatic heterocycles. The SMILES string of the molecule is C#C[C@H](OCC=C)[C@H](CCCCCC)OCC=C. The lowest BCUT2D eigenvalue weighted by atomic mass is 10.1. The molecule has 2 heteroatoms. The third-order valence-electron chi connectivity index (χ3n) is 2.67. The van der Waals surface area contributed by atoms with E-state index >= 15 is 0 Å². The van der Waals surface area contributed by atoms with Crippen LogP contribution in [-0.2, 0) is 9.47 Å². The van der Waals surface area contributed by atoms with Crippen molar-refractivity contribution in [1.29, 1.82) is 0 Å². The molecule has 0 rings (SSSR count). The Kier molecular flexibility index (Phi) is 11.7. The number of hydrogen-bond acceptors (Lipinski definition) is 2. The van der Waals surface area contributed by atoms with Crippen LogP contribution in [-0.4, -0.2) is 25.4 Å². The van der Waals surface area contributed by atoms with Gasteiger partial charge in [-0.1, -0.05) is 50.7 Å². The van der Waals surface area contributed by atoms with E-state index in [1.807, 2.05) is 0 Å². The summed E-state index contributed by atoms with van der Waals surface area (Å²) in [7, 11) is 0. The molecule has 0 amide bonds. The van der Waals surface area contributed by atoms with Crippen LogP contribution in [0.5, 0.6) is 0 Å². The highest BCUT2D eigenvalue weighted by Crippen LogP contribution is 2.14. The maximum absolute atomic E-state index is 5.70. The number of hydrogen-bond donors (Lipinski definition) is 0. The molecule has 0 saturated carbocycles. The minimum Gasteiger partial charge on any atom is -0.370 e. The molecule has 0 aliphatic rings. The first-order chi connectivity index (χ1) is 8.79. The van der Waals surface area contributed by atoms with Crippen molar-refractivity contribution in [2.45, 2.75) is 51.2 Å².